The predicted molar refractivity (Wildman–Crippen MR) is 117 cm³/mol. The number of nitrogens with one attached hydrogen (secondary N) is 1. The molecule has 0 saturated heterocycles. The molecule has 29 heavy (non-hydrogen) atoms. The first-order valence-electron chi connectivity index (χ1n) is 10.1. The van der Waals surface area contributed by atoms with Crippen LogP contribution in [0.25, 0.3) is 11.0 Å². The van der Waals surface area contributed by atoms with E-state index in [1.54, 1.807) is 0 Å². The molecule has 1 N–H and O–H groups in total. The second kappa shape index (κ2) is 8.27. The van der Waals surface area contributed by atoms with Gasteiger partial charge in [0.25, 0.3) is 0 Å². The van der Waals surface area contributed by atoms with Crippen LogP contribution < -0.4 is 10.1 Å². The lowest BCUT2D eigenvalue weighted by molar-refractivity contribution is -0.129. The lowest BCUT2D eigenvalue weighted by atomic mass is 9.95. The summed E-state index contributed by atoms with van der Waals surface area (Å²) in [5.41, 5.74) is 3.89. The zero-order chi connectivity index (χ0) is 21.2. The van der Waals surface area contributed by atoms with Gasteiger partial charge in [-0.3, -0.25) is 4.79 Å². The number of carbonyl (C=O) groups is 1. The number of carbonyl (C=O) groups excluding carboxylic acids is 1. The standard InChI is InChI=1S/C24H31N3O2/c1-16-13-17(2)15-19(14-16)29-12-11-27-21-10-8-7-9-20(21)26-22(27)18(3)25-23(28)24(4,5)6/h7-10,13-15,18H,11-12H2,1-6H3,(H,25,28). The topological polar surface area (TPSA) is 56.1 Å². The van der Waals surface area contributed by atoms with E-state index in [2.05, 4.69) is 35.9 Å². The third kappa shape index (κ3) is 4.97. The minimum absolute atomic E-state index is 0.00934. The lowest BCUT2D eigenvalue weighted by Gasteiger charge is -2.22. The Morgan fingerprint density at radius 3 is 2.45 bits per heavy atom. The number of nitrogens with zero attached hydrogens (tertiary/aromatic N) is 2. The van der Waals surface area contributed by atoms with Gasteiger partial charge in [-0.05, 0) is 56.2 Å². The predicted octanol–water partition coefficient (Wildman–Crippen LogP) is 4.96. The van der Waals surface area contributed by atoms with E-state index < -0.39 is 5.41 Å². The number of hydrogen-bond donors (Lipinski definition) is 1. The molecule has 5 heteroatoms. The molecule has 0 aliphatic heterocycles. The number of amides is 1. The minimum Gasteiger partial charge on any atom is -0.492 e. The summed E-state index contributed by atoms with van der Waals surface area (Å²) in [4.78, 5) is 17.3. The SMILES string of the molecule is Cc1cc(C)cc(OCCn2c(C(C)NC(=O)C(C)(C)C)nc3ccccc32)c1. The fourth-order valence-corrected chi connectivity index (χ4v) is 3.41. The lowest BCUT2D eigenvalue weighted by Crippen LogP contribution is -2.37. The number of benzene rings is 2. The molecular weight excluding hydrogens is 362 g/mol. The van der Waals surface area contributed by atoms with Crippen molar-refractivity contribution in [2.45, 2.75) is 54.1 Å². The molecule has 1 unspecified atom stereocenters. The number of aromatic nitrogens is 2. The number of aryl methyl sites for hydroxylation is 2. The van der Waals surface area contributed by atoms with E-state index in [1.807, 2.05) is 58.0 Å². The molecule has 1 amide bonds. The van der Waals surface area contributed by atoms with Crippen LogP contribution >= 0.6 is 0 Å². The van der Waals surface area contributed by atoms with Gasteiger partial charge in [-0.25, -0.2) is 4.98 Å². The average molecular weight is 394 g/mol. The van der Waals surface area contributed by atoms with Crippen molar-refractivity contribution in [3.8, 4) is 5.75 Å². The number of para-hydroxylation sites is 2. The Hall–Kier alpha value is -2.82. The van der Waals surface area contributed by atoms with E-state index >= 15 is 0 Å². The van der Waals surface area contributed by atoms with Crippen LogP contribution in [0.1, 0.15) is 50.7 Å². The summed E-state index contributed by atoms with van der Waals surface area (Å²) in [6.07, 6.45) is 0. The van der Waals surface area contributed by atoms with Crippen LogP contribution in [0.15, 0.2) is 42.5 Å². The molecule has 154 valence electrons. The number of rotatable bonds is 6. The molecule has 1 atom stereocenters. The molecule has 3 aromatic rings. The molecule has 0 spiro atoms. The molecule has 0 aliphatic carbocycles. The molecule has 3 rings (SSSR count). The Kier molecular flexibility index (Phi) is 5.96. The zero-order valence-electron chi connectivity index (χ0n) is 18.2. The van der Waals surface area contributed by atoms with E-state index in [9.17, 15) is 4.79 Å². The minimum atomic E-state index is -0.447. The van der Waals surface area contributed by atoms with Crippen molar-refractivity contribution in [1.29, 1.82) is 0 Å². The summed E-state index contributed by atoms with van der Waals surface area (Å²) in [5, 5.41) is 3.10. The molecule has 0 radical (unpaired) electrons. The number of fused-ring (bicyclic) bond motifs is 1. The van der Waals surface area contributed by atoms with Crippen molar-refractivity contribution in [2.24, 2.45) is 5.41 Å². The van der Waals surface area contributed by atoms with Gasteiger partial charge in [-0.1, -0.05) is 39.0 Å². The van der Waals surface area contributed by atoms with E-state index in [0.717, 1.165) is 22.6 Å². The summed E-state index contributed by atoms with van der Waals surface area (Å²) in [7, 11) is 0. The second-order valence-electron chi connectivity index (χ2n) is 8.73. The number of hydrogen-bond acceptors (Lipinski definition) is 3. The van der Waals surface area contributed by atoms with Crippen molar-refractivity contribution in [1.82, 2.24) is 14.9 Å². The first kappa shape index (κ1) is 20.9. The third-order valence-corrected chi connectivity index (χ3v) is 4.88. The van der Waals surface area contributed by atoms with Crippen molar-refractivity contribution < 1.29 is 9.53 Å². The molecule has 0 saturated carbocycles. The number of ether oxygens (including phenoxy) is 1. The fraction of sp³-hybridized carbons (Fsp3) is 0.417. The van der Waals surface area contributed by atoms with E-state index in [-0.39, 0.29) is 11.9 Å². The van der Waals surface area contributed by atoms with Crippen molar-refractivity contribution in [2.75, 3.05) is 6.61 Å². The second-order valence-corrected chi connectivity index (χ2v) is 8.73. The highest BCUT2D eigenvalue weighted by Crippen LogP contribution is 2.23. The molecule has 2 aromatic carbocycles. The van der Waals surface area contributed by atoms with Gasteiger partial charge in [0, 0.05) is 5.41 Å². The highest BCUT2D eigenvalue weighted by atomic mass is 16.5. The van der Waals surface area contributed by atoms with Crippen LogP contribution in [0.2, 0.25) is 0 Å². The number of imidazole rings is 1. The summed E-state index contributed by atoms with van der Waals surface area (Å²) in [6, 6.07) is 14.1. The molecule has 0 aliphatic rings. The Bertz CT molecular complexity index is 994. The maximum absolute atomic E-state index is 12.5. The van der Waals surface area contributed by atoms with Gasteiger partial charge in [-0.2, -0.15) is 0 Å². The van der Waals surface area contributed by atoms with Gasteiger partial charge in [0.05, 0.1) is 23.6 Å². The van der Waals surface area contributed by atoms with Crippen molar-refractivity contribution in [3.05, 3.63) is 59.4 Å². The molecule has 0 fully saturated rings. The Labute approximate surface area is 173 Å². The van der Waals surface area contributed by atoms with Crippen LogP contribution in [0.4, 0.5) is 0 Å². The van der Waals surface area contributed by atoms with Crippen LogP contribution in [-0.4, -0.2) is 22.1 Å². The van der Waals surface area contributed by atoms with Crippen molar-refractivity contribution >= 4 is 16.9 Å². The monoisotopic (exact) mass is 393 g/mol. The van der Waals surface area contributed by atoms with Gasteiger partial charge in [-0.15, -0.1) is 0 Å². The Balaban J connectivity index is 1.82. The van der Waals surface area contributed by atoms with Gasteiger partial charge < -0.3 is 14.6 Å². The van der Waals surface area contributed by atoms with Crippen LogP contribution in [0.5, 0.6) is 5.75 Å². The fourth-order valence-electron chi connectivity index (χ4n) is 3.41. The van der Waals surface area contributed by atoms with Gasteiger partial charge >= 0.3 is 0 Å². The largest absolute Gasteiger partial charge is 0.492 e. The van der Waals surface area contributed by atoms with Gasteiger partial charge in [0.2, 0.25) is 5.91 Å². The summed E-state index contributed by atoms with van der Waals surface area (Å²) in [5.74, 6) is 1.73. The summed E-state index contributed by atoms with van der Waals surface area (Å²) >= 11 is 0. The molecule has 0 bridgehead atoms. The molecule has 5 nitrogen and oxygen atoms in total. The molecule has 1 aromatic heterocycles. The normalized spacial score (nSPS) is 12.8. The van der Waals surface area contributed by atoms with Crippen LogP contribution in [0, 0.1) is 19.3 Å². The summed E-state index contributed by atoms with van der Waals surface area (Å²) in [6.45, 7) is 13.0. The highest BCUT2D eigenvalue weighted by molar-refractivity contribution is 5.82. The van der Waals surface area contributed by atoms with Gasteiger partial charge in [0.1, 0.15) is 18.2 Å². The highest BCUT2D eigenvalue weighted by Gasteiger charge is 2.25. The average Bonchev–Trinajstić information content (AvgIpc) is 2.99. The van der Waals surface area contributed by atoms with E-state index in [4.69, 9.17) is 9.72 Å². The van der Waals surface area contributed by atoms with Gasteiger partial charge in [0.15, 0.2) is 0 Å². The zero-order valence-corrected chi connectivity index (χ0v) is 18.2. The van der Waals surface area contributed by atoms with Crippen molar-refractivity contribution in [3.63, 3.8) is 0 Å². The quantitative estimate of drug-likeness (QED) is 0.644. The Morgan fingerprint density at radius 1 is 1.14 bits per heavy atom. The maximum atomic E-state index is 12.5. The Morgan fingerprint density at radius 2 is 1.79 bits per heavy atom. The van der Waals surface area contributed by atoms with E-state index in [0.29, 0.717) is 13.2 Å². The van der Waals surface area contributed by atoms with Crippen LogP contribution in [-0.2, 0) is 11.3 Å². The molecular formula is C24H31N3O2. The smallest absolute Gasteiger partial charge is 0.225 e. The summed E-state index contributed by atoms with van der Waals surface area (Å²) < 4.78 is 8.17. The first-order chi connectivity index (χ1) is 13.6. The maximum Gasteiger partial charge on any atom is 0.225 e. The molecule has 1 heterocycles. The third-order valence-electron chi connectivity index (χ3n) is 4.88. The van der Waals surface area contributed by atoms with Crippen LogP contribution in [0.3, 0.4) is 0 Å². The first-order valence-corrected chi connectivity index (χ1v) is 10.1. The van der Waals surface area contributed by atoms with E-state index in [1.165, 1.54) is 11.1 Å².